The SMILES string of the molecule is NC1(S)C=Cc2ccccc2C1. The molecule has 2 heteroatoms. The quantitative estimate of drug-likeness (QED) is 0.459. The highest BCUT2D eigenvalue weighted by atomic mass is 32.1. The number of rotatable bonds is 0. The largest absolute Gasteiger partial charge is 0.313 e. The Kier molecular flexibility index (Phi) is 1.74. The van der Waals surface area contributed by atoms with E-state index in [1.807, 2.05) is 24.3 Å². The maximum absolute atomic E-state index is 5.87. The van der Waals surface area contributed by atoms with Gasteiger partial charge in [-0.05, 0) is 11.1 Å². The fourth-order valence-corrected chi connectivity index (χ4v) is 1.70. The molecule has 62 valence electrons. The van der Waals surface area contributed by atoms with Gasteiger partial charge >= 0.3 is 0 Å². The van der Waals surface area contributed by atoms with Gasteiger partial charge in [0.25, 0.3) is 0 Å². The van der Waals surface area contributed by atoms with Gasteiger partial charge in [-0.15, -0.1) is 0 Å². The Morgan fingerprint density at radius 3 is 2.92 bits per heavy atom. The molecule has 2 N–H and O–H groups in total. The summed E-state index contributed by atoms with van der Waals surface area (Å²) in [6, 6.07) is 8.25. The van der Waals surface area contributed by atoms with Crippen LogP contribution in [0.3, 0.4) is 0 Å². The molecule has 1 aliphatic carbocycles. The van der Waals surface area contributed by atoms with Gasteiger partial charge < -0.3 is 5.73 Å². The van der Waals surface area contributed by atoms with Gasteiger partial charge in [-0.1, -0.05) is 36.4 Å². The van der Waals surface area contributed by atoms with Crippen molar-refractivity contribution >= 4 is 18.7 Å². The van der Waals surface area contributed by atoms with Crippen molar-refractivity contribution < 1.29 is 0 Å². The highest BCUT2D eigenvalue weighted by Crippen LogP contribution is 2.25. The van der Waals surface area contributed by atoms with Crippen molar-refractivity contribution in [1.29, 1.82) is 0 Å². The maximum atomic E-state index is 5.87. The molecule has 0 heterocycles. The van der Waals surface area contributed by atoms with Crippen LogP contribution in [0, 0.1) is 0 Å². The van der Waals surface area contributed by atoms with E-state index in [1.54, 1.807) is 0 Å². The van der Waals surface area contributed by atoms with E-state index >= 15 is 0 Å². The van der Waals surface area contributed by atoms with E-state index in [1.165, 1.54) is 11.1 Å². The summed E-state index contributed by atoms with van der Waals surface area (Å²) < 4.78 is 0. The van der Waals surface area contributed by atoms with Crippen LogP contribution in [0.5, 0.6) is 0 Å². The van der Waals surface area contributed by atoms with Gasteiger partial charge in [0.15, 0.2) is 0 Å². The van der Waals surface area contributed by atoms with Crippen molar-refractivity contribution in [3.8, 4) is 0 Å². The molecule has 0 saturated heterocycles. The van der Waals surface area contributed by atoms with Gasteiger partial charge in [-0.2, -0.15) is 12.6 Å². The van der Waals surface area contributed by atoms with Crippen molar-refractivity contribution in [1.82, 2.24) is 0 Å². The van der Waals surface area contributed by atoms with Gasteiger partial charge in [-0.25, -0.2) is 0 Å². The zero-order valence-corrected chi connectivity index (χ0v) is 7.59. The molecule has 0 bridgehead atoms. The highest BCUT2D eigenvalue weighted by molar-refractivity contribution is 7.82. The molecule has 0 fully saturated rings. The predicted molar refractivity (Wildman–Crippen MR) is 55.1 cm³/mol. The molecule has 1 aromatic carbocycles. The predicted octanol–water partition coefficient (Wildman–Crippen LogP) is 1.84. The number of thiol groups is 1. The van der Waals surface area contributed by atoms with Crippen molar-refractivity contribution in [2.45, 2.75) is 11.3 Å². The highest BCUT2D eigenvalue weighted by Gasteiger charge is 2.20. The lowest BCUT2D eigenvalue weighted by Gasteiger charge is -2.24. The molecule has 1 unspecified atom stereocenters. The number of hydrogen-bond acceptors (Lipinski definition) is 2. The van der Waals surface area contributed by atoms with Gasteiger partial charge in [-0.3, -0.25) is 0 Å². The topological polar surface area (TPSA) is 26.0 Å². The number of benzene rings is 1. The fourth-order valence-electron chi connectivity index (χ4n) is 1.46. The Hall–Kier alpha value is -0.730. The Morgan fingerprint density at radius 1 is 1.33 bits per heavy atom. The Labute approximate surface area is 77.7 Å². The van der Waals surface area contributed by atoms with Crippen LogP contribution in [0.25, 0.3) is 6.08 Å². The normalized spacial score (nSPS) is 26.8. The summed E-state index contributed by atoms with van der Waals surface area (Å²) in [4.78, 5) is -0.464. The van der Waals surface area contributed by atoms with Crippen LogP contribution in [0.1, 0.15) is 11.1 Å². The van der Waals surface area contributed by atoms with E-state index < -0.39 is 4.87 Å². The maximum Gasteiger partial charge on any atom is 0.0821 e. The number of nitrogens with two attached hydrogens (primary N) is 1. The van der Waals surface area contributed by atoms with Crippen LogP contribution in [0.2, 0.25) is 0 Å². The zero-order valence-electron chi connectivity index (χ0n) is 6.70. The second kappa shape index (κ2) is 2.64. The number of hydrogen-bond donors (Lipinski definition) is 2. The van der Waals surface area contributed by atoms with Crippen LogP contribution in [0.4, 0.5) is 0 Å². The van der Waals surface area contributed by atoms with Crippen molar-refractivity contribution in [3.05, 3.63) is 41.5 Å². The molecule has 1 aliphatic rings. The lowest BCUT2D eigenvalue weighted by atomic mass is 9.94. The Bertz CT molecular complexity index is 328. The Balaban J connectivity index is 2.46. The molecule has 0 radical (unpaired) electrons. The molecular weight excluding hydrogens is 166 g/mol. The average molecular weight is 177 g/mol. The number of fused-ring (bicyclic) bond motifs is 1. The summed E-state index contributed by atoms with van der Waals surface area (Å²) in [5, 5.41) is 0. The third-order valence-corrected chi connectivity index (χ3v) is 2.39. The van der Waals surface area contributed by atoms with Crippen molar-refractivity contribution in [3.63, 3.8) is 0 Å². The zero-order chi connectivity index (χ0) is 8.60. The molecule has 0 aromatic heterocycles. The van der Waals surface area contributed by atoms with E-state index in [-0.39, 0.29) is 0 Å². The third kappa shape index (κ3) is 1.40. The fraction of sp³-hybridized carbons (Fsp3) is 0.200. The van der Waals surface area contributed by atoms with Gasteiger partial charge in [0.05, 0.1) is 4.87 Å². The van der Waals surface area contributed by atoms with Crippen LogP contribution < -0.4 is 5.73 Å². The first-order chi connectivity index (χ1) is 5.67. The van der Waals surface area contributed by atoms with E-state index in [2.05, 4.69) is 24.8 Å². The summed E-state index contributed by atoms with van der Waals surface area (Å²) in [6.45, 7) is 0. The standard InChI is InChI=1S/C10H11NS/c11-10(12)6-5-8-3-1-2-4-9(8)7-10/h1-6,12H,7,11H2. The molecule has 1 aromatic rings. The minimum Gasteiger partial charge on any atom is -0.313 e. The van der Waals surface area contributed by atoms with E-state index in [0.717, 1.165) is 6.42 Å². The van der Waals surface area contributed by atoms with Crippen molar-refractivity contribution in [2.24, 2.45) is 5.73 Å². The lowest BCUT2D eigenvalue weighted by molar-refractivity contribution is 0.744. The minimum atomic E-state index is -0.464. The Morgan fingerprint density at radius 2 is 2.08 bits per heavy atom. The summed E-state index contributed by atoms with van der Waals surface area (Å²) in [5.74, 6) is 0. The smallest absolute Gasteiger partial charge is 0.0821 e. The summed E-state index contributed by atoms with van der Waals surface area (Å²) in [6.07, 6.45) is 4.78. The first-order valence-electron chi connectivity index (χ1n) is 3.96. The summed E-state index contributed by atoms with van der Waals surface area (Å²) in [7, 11) is 0. The molecule has 12 heavy (non-hydrogen) atoms. The van der Waals surface area contributed by atoms with Crippen molar-refractivity contribution in [2.75, 3.05) is 0 Å². The van der Waals surface area contributed by atoms with E-state index in [0.29, 0.717) is 0 Å². The van der Waals surface area contributed by atoms with Crippen LogP contribution in [-0.4, -0.2) is 4.87 Å². The lowest BCUT2D eigenvalue weighted by Crippen LogP contribution is -2.35. The monoisotopic (exact) mass is 177 g/mol. The molecule has 0 amide bonds. The van der Waals surface area contributed by atoms with Gasteiger partial charge in [0.2, 0.25) is 0 Å². The molecular formula is C10H11NS. The van der Waals surface area contributed by atoms with Crippen LogP contribution >= 0.6 is 12.6 Å². The molecule has 0 aliphatic heterocycles. The first kappa shape index (κ1) is 7.90. The van der Waals surface area contributed by atoms with E-state index in [4.69, 9.17) is 5.73 Å². The second-order valence-corrected chi connectivity index (χ2v) is 4.03. The second-order valence-electron chi connectivity index (χ2n) is 3.20. The van der Waals surface area contributed by atoms with Crippen LogP contribution in [-0.2, 0) is 6.42 Å². The van der Waals surface area contributed by atoms with Crippen LogP contribution in [0.15, 0.2) is 30.3 Å². The van der Waals surface area contributed by atoms with Gasteiger partial charge in [0.1, 0.15) is 0 Å². The summed E-state index contributed by atoms with van der Waals surface area (Å²) in [5.41, 5.74) is 8.40. The molecule has 0 spiro atoms. The van der Waals surface area contributed by atoms with Gasteiger partial charge in [0, 0.05) is 6.42 Å². The molecule has 0 saturated carbocycles. The molecule has 1 nitrogen and oxygen atoms in total. The minimum absolute atomic E-state index is 0.464. The first-order valence-corrected chi connectivity index (χ1v) is 4.40. The van der Waals surface area contributed by atoms with E-state index in [9.17, 15) is 0 Å². The molecule has 1 atom stereocenters. The summed E-state index contributed by atoms with van der Waals surface area (Å²) >= 11 is 4.33. The average Bonchev–Trinajstić information content (AvgIpc) is 2.02. The molecule has 2 rings (SSSR count). The third-order valence-electron chi connectivity index (χ3n) is 2.08.